The molecule has 2 amide bonds. The number of hydrogen-bond donors (Lipinski definition) is 1. The number of alkyl halides is 3. The predicted molar refractivity (Wildman–Crippen MR) is 116 cm³/mol. The lowest BCUT2D eigenvalue weighted by Gasteiger charge is -2.18. The van der Waals surface area contributed by atoms with Crippen LogP contribution in [0.4, 0.5) is 18.9 Å². The molecule has 1 atom stereocenters. The summed E-state index contributed by atoms with van der Waals surface area (Å²) >= 11 is 0. The molecular formula is C25H21F3N2O2. The van der Waals surface area contributed by atoms with Crippen molar-refractivity contribution in [1.29, 1.82) is 0 Å². The zero-order chi connectivity index (χ0) is 23.0. The molecule has 0 aliphatic carbocycles. The fourth-order valence-electron chi connectivity index (χ4n) is 3.89. The van der Waals surface area contributed by atoms with E-state index in [1.165, 1.54) is 12.1 Å². The third kappa shape index (κ3) is 4.10. The van der Waals surface area contributed by atoms with Gasteiger partial charge in [-0.1, -0.05) is 42.5 Å². The number of halogens is 3. The van der Waals surface area contributed by atoms with Gasteiger partial charge >= 0.3 is 6.18 Å². The molecule has 4 rings (SSSR count). The van der Waals surface area contributed by atoms with Crippen LogP contribution in [-0.4, -0.2) is 18.9 Å². The summed E-state index contributed by atoms with van der Waals surface area (Å²) < 4.78 is 38.6. The van der Waals surface area contributed by atoms with Gasteiger partial charge in [0, 0.05) is 18.3 Å². The molecule has 0 spiro atoms. The highest BCUT2D eigenvalue weighted by molar-refractivity contribution is 6.02. The Bertz CT molecular complexity index is 1190. The van der Waals surface area contributed by atoms with E-state index in [2.05, 4.69) is 5.32 Å². The molecule has 0 saturated heterocycles. The third-order valence-corrected chi connectivity index (χ3v) is 5.72. The smallest absolute Gasteiger partial charge is 0.345 e. The monoisotopic (exact) mass is 438 g/mol. The van der Waals surface area contributed by atoms with Crippen molar-refractivity contribution in [2.75, 3.05) is 11.9 Å². The maximum Gasteiger partial charge on any atom is 0.416 e. The Hall–Kier alpha value is -3.61. The van der Waals surface area contributed by atoms with E-state index in [0.29, 0.717) is 23.1 Å². The standard InChI is InChI=1S/C25H21F3N2O2/c1-15(17-9-12-22-18(13-17)14-23(31)30(22)2)29-24(32)21-6-4-3-5-20(21)16-7-10-19(11-8-16)25(26,27)28/h3-13,15H,14H2,1-2H3,(H,29,32). The molecule has 0 bridgehead atoms. The highest BCUT2D eigenvalue weighted by Gasteiger charge is 2.30. The van der Waals surface area contributed by atoms with Gasteiger partial charge in [-0.2, -0.15) is 13.2 Å². The van der Waals surface area contributed by atoms with Crippen molar-refractivity contribution in [3.8, 4) is 11.1 Å². The van der Waals surface area contributed by atoms with E-state index in [0.717, 1.165) is 28.9 Å². The van der Waals surface area contributed by atoms with Gasteiger partial charge in [0.25, 0.3) is 5.91 Å². The molecule has 164 valence electrons. The summed E-state index contributed by atoms with van der Waals surface area (Å²) in [7, 11) is 1.73. The first-order chi connectivity index (χ1) is 15.1. The number of nitrogens with zero attached hydrogens (tertiary/aromatic N) is 1. The second kappa shape index (κ2) is 8.15. The van der Waals surface area contributed by atoms with Crippen LogP contribution in [0.25, 0.3) is 11.1 Å². The summed E-state index contributed by atoms with van der Waals surface area (Å²) in [6, 6.07) is 16.9. The normalized spacial score (nSPS) is 14.3. The Kier molecular flexibility index (Phi) is 5.50. The number of anilines is 1. The highest BCUT2D eigenvalue weighted by Crippen LogP contribution is 2.33. The van der Waals surface area contributed by atoms with E-state index in [4.69, 9.17) is 0 Å². The minimum Gasteiger partial charge on any atom is -0.345 e. The molecule has 1 heterocycles. The van der Waals surface area contributed by atoms with Gasteiger partial charge in [0.2, 0.25) is 5.91 Å². The summed E-state index contributed by atoms with van der Waals surface area (Å²) in [6.07, 6.45) is -4.09. The van der Waals surface area contributed by atoms with Crippen LogP contribution in [0.5, 0.6) is 0 Å². The van der Waals surface area contributed by atoms with Gasteiger partial charge < -0.3 is 10.2 Å². The average molecular weight is 438 g/mol. The molecule has 0 fully saturated rings. The Balaban J connectivity index is 1.56. The third-order valence-electron chi connectivity index (χ3n) is 5.72. The largest absolute Gasteiger partial charge is 0.416 e. The fraction of sp³-hybridized carbons (Fsp3) is 0.200. The average Bonchev–Trinajstić information content (AvgIpc) is 3.06. The van der Waals surface area contributed by atoms with Crippen molar-refractivity contribution in [3.63, 3.8) is 0 Å². The van der Waals surface area contributed by atoms with Crippen LogP contribution < -0.4 is 10.2 Å². The first-order valence-electron chi connectivity index (χ1n) is 10.1. The molecule has 1 aliphatic rings. The lowest BCUT2D eigenvalue weighted by atomic mass is 9.97. The molecule has 1 N–H and O–H groups in total. The van der Waals surface area contributed by atoms with Crippen molar-refractivity contribution in [3.05, 3.63) is 89.0 Å². The number of fused-ring (bicyclic) bond motifs is 1. The van der Waals surface area contributed by atoms with Crippen LogP contribution in [0, 0.1) is 0 Å². The van der Waals surface area contributed by atoms with Crippen molar-refractivity contribution < 1.29 is 22.8 Å². The Morgan fingerprint density at radius 1 is 1.03 bits per heavy atom. The van der Waals surface area contributed by atoms with E-state index in [1.54, 1.807) is 36.2 Å². The van der Waals surface area contributed by atoms with E-state index < -0.39 is 11.7 Å². The quantitative estimate of drug-likeness (QED) is 0.594. The van der Waals surface area contributed by atoms with E-state index in [-0.39, 0.29) is 17.9 Å². The fourth-order valence-corrected chi connectivity index (χ4v) is 3.89. The van der Waals surface area contributed by atoms with Gasteiger partial charge in [-0.15, -0.1) is 0 Å². The Labute approximate surface area is 183 Å². The first kappa shape index (κ1) is 21.6. The molecule has 3 aromatic rings. The molecular weight excluding hydrogens is 417 g/mol. The van der Waals surface area contributed by atoms with Crippen LogP contribution in [0.15, 0.2) is 66.7 Å². The second-order valence-electron chi connectivity index (χ2n) is 7.83. The van der Waals surface area contributed by atoms with Gasteiger partial charge in [-0.05, 0) is 53.4 Å². The predicted octanol–water partition coefficient (Wildman–Crippen LogP) is 5.38. The summed E-state index contributed by atoms with van der Waals surface area (Å²) in [5.74, 6) is -0.305. The SMILES string of the molecule is CC(NC(=O)c1ccccc1-c1ccc(C(F)(F)F)cc1)c1ccc2c(c1)CC(=O)N2C. The van der Waals surface area contributed by atoms with Crippen LogP contribution in [-0.2, 0) is 17.4 Å². The number of amides is 2. The number of carbonyl (C=O) groups is 2. The van der Waals surface area contributed by atoms with E-state index >= 15 is 0 Å². The Morgan fingerprint density at radius 3 is 2.41 bits per heavy atom. The second-order valence-corrected chi connectivity index (χ2v) is 7.83. The van der Waals surface area contributed by atoms with Gasteiger partial charge in [-0.25, -0.2) is 0 Å². The molecule has 0 aromatic heterocycles. The molecule has 3 aromatic carbocycles. The van der Waals surface area contributed by atoms with Crippen molar-refractivity contribution >= 4 is 17.5 Å². The number of nitrogens with one attached hydrogen (secondary N) is 1. The zero-order valence-electron chi connectivity index (χ0n) is 17.5. The molecule has 0 radical (unpaired) electrons. The van der Waals surface area contributed by atoms with Crippen molar-refractivity contribution in [2.45, 2.75) is 25.6 Å². The topological polar surface area (TPSA) is 49.4 Å². The Morgan fingerprint density at radius 2 is 1.72 bits per heavy atom. The molecule has 4 nitrogen and oxygen atoms in total. The maximum absolute atomic E-state index is 13.0. The summed E-state index contributed by atoms with van der Waals surface area (Å²) in [4.78, 5) is 26.6. The van der Waals surface area contributed by atoms with Crippen LogP contribution in [0.1, 0.15) is 40.0 Å². The number of hydrogen-bond acceptors (Lipinski definition) is 2. The van der Waals surface area contributed by atoms with Crippen molar-refractivity contribution in [1.82, 2.24) is 5.32 Å². The van der Waals surface area contributed by atoms with Crippen LogP contribution in [0.3, 0.4) is 0 Å². The number of likely N-dealkylation sites (N-methyl/N-ethyl adjacent to an activating group) is 1. The first-order valence-corrected chi connectivity index (χ1v) is 10.1. The van der Waals surface area contributed by atoms with E-state index in [9.17, 15) is 22.8 Å². The van der Waals surface area contributed by atoms with Gasteiger partial charge in [0.05, 0.1) is 18.0 Å². The van der Waals surface area contributed by atoms with Crippen LogP contribution in [0.2, 0.25) is 0 Å². The summed E-state index contributed by atoms with van der Waals surface area (Å²) in [6.45, 7) is 1.85. The number of benzene rings is 3. The lowest BCUT2D eigenvalue weighted by molar-refractivity contribution is -0.137. The molecule has 7 heteroatoms. The number of rotatable bonds is 4. The zero-order valence-corrected chi connectivity index (χ0v) is 17.5. The molecule has 1 aliphatic heterocycles. The minimum absolute atomic E-state index is 0.0271. The molecule has 1 unspecified atom stereocenters. The molecule has 0 saturated carbocycles. The summed E-state index contributed by atoms with van der Waals surface area (Å²) in [5, 5.41) is 2.95. The lowest BCUT2D eigenvalue weighted by Crippen LogP contribution is -2.27. The summed E-state index contributed by atoms with van der Waals surface area (Å²) in [5.41, 5.74) is 3.36. The van der Waals surface area contributed by atoms with Gasteiger partial charge in [-0.3, -0.25) is 9.59 Å². The van der Waals surface area contributed by atoms with Crippen LogP contribution >= 0.6 is 0 Å². The minimum atomic E-state index is -4.42. The van der Waals surface area contributed by atoms with Crippen molar-refractivity contribution in [2.24, 2.45) is 0 Å². The molecule has 32 heavy (non-hydrogen) atoms. The highest BCUT2D eigenvalue weighted by atomic mass is 19.4. The van der Waals surface area contributed by atoms with Gasteiger partial charge in [0.1, 0.15) is 0 Å². The maximum atomic E-state index is 13.0. The number of carbonyl (C=O) groups excluding carboxylic acids is 2. The van der Waals surface area contributed by atoms with E-state index in [1.807, 2.05) is 25.1 Å². The van der Waals surface area contributed by atoms with Gasteiger partial charge in [0.15, 0.2) is 0 Å².